The number of fused-ring (bicyclic) bond motifs is 1. The molecule has 3 atom stereocenters. The van der Waals surface area contributed by atoms with Gasteiger partial charge in [-0.2, -0.15) is 5.10 Å². The molecular weight excluding hydrogens is 360 g/mol. The summed E-state index contributed by atoms with van der Waals surface area (Å²) in [6.45, 7) is 2.21. The molecule has 2 aromatic carbocycles. The standard InChI is InChI=1S/C24H26N4O/c1-27-15-20(12-26-27)21-13-25-14-22(21)24(29)28-16-19-10-6-5-9-18(19)11-23(28)17-7-3-2-4-8-17/h2-10,12,15,21-23,25H,11,13-14,16H2,1H3/t21-,22+,23?/m1/s1. The van der Waals surface area contributed by atoms with Crippen LogP contribution in [0.25, 0.3) is 0 Å². The molecule has 2 aliphatic heterocycles. The molecule has 0 aliphatic carbocycles. The van der Waals surface area contributed by atoms with Crippen LogP contribution in [0.15, 0.2) is 67.0 Å². The molecule has 1 saturated heterocycles. The minimum absolute atomic E-state index is 0.0596. The summed E-state index contributed by atoms with van der Waals surface area (Å²) in [5, 5.41) is 7.76. The lowest BCUT2D eigenvalue weighted by atomic mass is 9.85. The smallest absolute Gasteiger partial charge is 0.228 e. The number of nitrogens with zero attached hydrogens (tertiary/aromatic N) is 3. The third-order valence-corrected chi connectivity index (χ3v) is 6.40. The first kappa shape index (κ1) is 18.1. The maximum atomic E-state index is 13.8. The number of amides is 1. The van der Waals surface area contributed by atoms with E-state index in [9.17, 15) is 4.79 Å². The van der Waals surface area contributed by atoms with Gasteiger partial charge in [0.05, 0.1) is 18.2 Å². The first-order valence-corrected chi connectivity index (χ1v) is 10.3. The van der Waals surface area contributed by atoms with Crippen molar-refractivity contribution in [3.05, 3.63) is 89.2 Å². The Bertz CT molecular complexity index is 1010. The summed E-state index contributed by atoms with van der Waals surface area (Å²) in [5.74, 6) is 0.354. The summed E-state index contributed by atoms with van der Waals surface area (Å²) in [7, 11) is 1.93. The zero-order valence-electron chi connectivity index (χ0n) is 16.7. The second kappa shape index (κ2) is 7.48. The van der Waals surface area contributed by atoms with E-state index in [0.717, 1.165) is 25.1 Å². The van der Waals surface area contributed by atoms with Crippen LogP contribution in [0.4, 0.5) is 0 Å². The summed E-state index contributed by atoms with van der Waals surface area (Å²) < 4.78 is 1.82. The van der Waals surface area contributed by atoms with E-state index in [1.807, 2.05) is 30.2 Å². The number of rotatable bonds is 3. The Balaban J connectivity index is 1.49. The lowest BCUT2D eigenvalue weighted by Gasteiger charge is -2.39. The second-order valence-electron chi connectivity index (χ2n) is 8.18. The molecule has 3 heterocycles. The summed E-state index contributed by atoms with van der Waals surface area (Å²) in [4.78, 5) is 16.0. The normalized spacial score (nSPS) is 23.8. The number of aryl methyl sites for hydroxylation is 1. The van der Waals surface area contributed by atoms with Gasteiger partial charge in [0, 0.05) is 38.8 Å². The van der Waals surface area contributed by atoms with E-state index in [2.05, 4.69) is 63.8 Å². The monoisotopic (exact) mass is 386 g/mol. The van der Waals surface area contributed by atoms with Crippen molar-refractivity contribution in [1.29, 1.82) is 0 Å². The molecule has 1 aromatic heterocycles. The Kier molecular flexibility index (Phi) is 4.68. The lowest BCUT2D eigenvalue weighted by Crippen LogP contribution is -2.43. The molecule has 5 nitrogen and oxygen atoms in total. The number of hydrogen-bond donors (Lipinski definition) is 1. The maximum Gasteiger partial charge on any atom is 0.228 e. The molecule has 29 heavy (non-hydrogen) atoms. The molecule has 0 spiro atoms. The average molecular weight is 386 g/mol. The third kappa shape index (κ3) is 3.36. The quantitative estimate of drug-likeness (QED) is 0.753. The fraction of sp³-hybridized carbons (Fsp3) is 0.333. The van der Waals surface area contributed by atoms with Gasteiger partial charge in [0.25, 0.3) is 0 Å². The summed E-state index contributed by atoms with van der Waals surface area (Å²) >= 11 is 0. The summed E-state index contributed by atoms with van der Waals surface area (Å²) in [5.41, 5.74) is 4.96. The van der Waals surface area contributed by atoms with Gasteiger partial charge in [-0.15, -0.1) is 0 Å². The largest absolute Gasteiger partial charge is 0.331 e. The van der Waals surface area contributed by atoms with Gasteiger partial charge >= 0.3 is 0 Å². The second-order valence-corrected chi connectivity index (χ2v) is 8.18. The zero-order valence-corrected chi connectivity index (χ0v) is 16.7. The molecule has 1 fully saturated rings. The number of carbonyl (C=O) groups excluding carboxylic acids is 1. The molecule has 2 aliphatic rings. The van der Waals surface area contributed by atoms with Crippen LogP contribution in [0.5, 0.6) is 0 Å². The first-order chi connectivity index (χ1) is 14.2. The number of hydrogen-bond acceptors (Lipinski definition) is 3. The SMILES string of the molecule is Cn1cc([C@H]2CNC[C@@H]2C(=O)N2Cc3ccccc3CC2c2ccccc2)cn1. The first-order valence-electron chi connectivity index (χ1n) is 10.3. The lowest BCUT2D eigenvalue weighted by molar-refractivity contribution is -0.139. The molecule has 1 unspecified atom stereocenters. The predicted octanol–water partition coefficient (Wildman–Crippen LogP) is 3.05. The van der Waals surface area contributed by atoms with E-state index in [-0.39, 0.29) is 23.8 Å². The topological polar surface area (TPSA) is 50.2 Å². The number of benzene rings is 2. The molecule has 1 amide bonds. The van der Waals surface area contributed by atoms with Crippen molar-refractivity contribution >= 4 is 5.91 Å². The van der Waals surface area contributed by atoms with Crippen molar-refractivity contribution < 1.29 is 4.79 Å². The Morgan fingerprint density at radius 1 is 1.00 bits per heavy atom. The van der Waals surface area contributed by atoms with Gasteiger partial charge in [0.1, 0.15) is 0 Å². The highest BCUT2D eigenvalue weighted by atomic mass is 16.2. The molecular formula is C24H26N4O. The van der Waals surface area contributed by atoms with Crippen molar-refractivity contribution in [2.75, 3.05) is 13.1 Å². The van der Waals surface area contributed by atoms with E-state index in [1.165, 1.54) is 16.7 Å². The molecule has 0 saturated carbocycles. The predicted molar refractivity (Wildman–Crippen MR) is 112 cm³/mol. The van der Waals surface area contributed by atoms with E-state index < -0.39 is 0 Å². The van der Waals surface area contributed by atoms with Crippen molar-refractivity contribution in [1.82, 2.24) is 20.0 Å². The van der Waals surface area contributed by atoms with Gasteiger partial charge in [0.2, 0.25) is 5.91 Å². The van der Waals surface area contributed by atoms with Crippen molar-refractivity contribution in [3.63, 3.8) is 0 Å². The fourth-order valence-electron chi connectivity index (χ4n) is 4.86. The Morgan fingerprint density at radius 2 is 1.76 bits per heavy atom. The highest BCUT2D eigenvalue weighted by Crippen LogP contribution is 2.37. The fourth-order valence-corrected chi connectivity index (χ4v) is 4.86. The van der Waals surface area contributed by atoms with Gasteiger partial charge in [-0.05, 0) is 28.7 Å². The van der Waals surface area contributed by atoms with Gasteiger partial charge in [-0.3, -0.25) is 9.48 Å². The molecule has 1 N–H and O–H groups in total. The Hall–Kier alpha value is -2.92. The van der Waals surface area contributed by atoms with Gasteiger partial charge in [-0.25, -0.2) is 0 Å². The van der Waals surface area contributed by atoms with Gasteiger partial charge in [0.15, 0.2) is 0 Å². The highest BCUT2D eigenvalue weighted by Gasteiger charge is 2.40. The molecule has 0 radical (unpaired) electrons. The molecule has 5 heteroatoms. The van der Waals surface area contributed by atoms with Gasteiger partial charge < -0.3 is 10.2 Å². The van der Waals surface area contributed by atoms with Crippen LogP contribution in [0.2, 0.25) is 0 Å². The zero-order chi connectivity index (χ0) is 19.8. The molecule has 148 valence electrons. The van der Waals surface area contributed by atoms with Crippen LogP contribution in [0, 0.1) is 5.92 Å². The maximum absolute atomic E-state index is 13.8. The van der Waals surface area contributed by atoms with E-state index in [4.69, 9.17) is 0 Å². The van der Waals surface area contributed by atoms with Gasteiger partial charge in [-0.1, -0.05) is 54.6 Å². The number of carbonyl (C=O) groups is 1. The molecule has 5 rings (SSSR count). The molecule has 0 bridgehead atoms. The van der Waals surface area contributed by atoms with E-state index in [1.54, 1.807) is 0 Å². The van der Waals surface area contributed by atoms with Crippen LogP contribution in [-0.4, -0.2) is 33.7 Å². The highest BCUT2D eigenvalue weighted by molar-refractivity contribution is 5.81. The Labute approximate surface area is 171 Å². The summed E-state index contributed by atoms with van der Waals surface area (Å²) in [6.07, 6.45) is 4.81. The molecule has 3 aromatic rings. The summed E-state index contributed by atoms with van der Waals surface area (Å²) in [6, 6.07) is 19.0. The van der Waals surface area contributed by atoms with Crippen LogP contribution >= 0.6 is 0 Å². The van der Waals surface area contributed by atoms with E-state index in [0.29, 0.717) is 6.54 Å². The minimum atomic E-state index is -0.0596. The minimum Gasteiger partial charge on any atom is -0.331 e. The average Bonchev–Trinajstić information content (AvgIpc) is 3.42. The van der Waals surface area contributed by atoms with Crippen molar-refractivity contribution in [3.8, 4) is 0 Å². The van der Waals surface area contributed by atoms with Crippen LogP contribution in [-0.2, 0) is 24.8 Å². The number of aromatic nitrogens is 2. The van der Waals surface area contributed by atoms with Crippen LogP contribution in [0.3, 0.4) is 0 Å². The van der Waals surface area contributed by atoms with Crippen LogP contribution in [0.1, 0.15) is 34.2 Å². The number of nitrogens with one attached hydrogen (secondary N) is 1. The van der Waals surface area contributed by atoms with Crippen molar-refractivity contribution in [2.24, 2.45) is 13.0 Å². The Morgan fingerprint density at radius 3 is 2.52 bits per heavy atom. The van der Waals surface area contributed by atoms with Crippen molar-refractivity contribution in [2.45, 2.75) is 24.9 Å². The van der Waals surface area contributed by atoms with E-state index >= 15 is 0 Å². The van der Waals surface area contributed by atoms with Crippen LogP contribution < -0.4 is 5.32 Å². The third-order valence-electron chi connectivity index (χ3n) is 6.40.